The number of carboxylic acid groups (broad SMARTS) is 1. The molecule has 98 valence electrons. The summed E-state index contributed by atoms with van der Waals surface area (Å²) in [6, 6.07) is 1.66. The zero-order valence-corrected chi connectivity index (χ0v) is 10.9. The minimum Gasteiger partial charge on any atom is -0.477 e. The van der Waals surface area contributed by atoms with Crippen molar-refractivity contribution in [3.05, 3.63) is 29.1 Å². The molecule has 5 nitrogen and oxygen atoms in total. The van der Waals surface area contributed by atoms with E-state index in [-0.39, 0.29) is 5.69 Å². The highest BCUT2D eigenvalue weighted by Crippen LogP contribution is 2.12. The Morgan fingerprint density at radius 3 is 2.44 bits per heavy atom. The van der Waals surface area contributed by atoms with Gasteiger partial charge >= 0.3 is 11.9 Å². The van der Waals surface area contributed by atoms with Crippen LogP contribution in [0.1, 0.15) is 42.5 Å². The zero-order chi connectivity index (χ0) is 13.9. The van der Waals surface area contributed by atoms with Crippen LogP contribution in [0.3, 0.4) is 0 Å². The van der Waals surface area contributed by atoms with E-state index < -0.39 is 17.5 Å². The summed E-state index contributed by atoms with van der Waals surface area (Å²) in [7, 11) is 0. The van der Waals surface area contributed by atoms with E-state index in [0.717, 1.165) is 0 Å². The van der Waals surface area contributed by atoms with Crippen molar-refractivity contribution in [2.24, 2.45) is 0 Å². The van der Waals surface area contributed by atoms with Gasteiger partial charge in [0.15, 0.2) is 0 Å². The number of aromatic carboxylic acids is 1. The van der Waals surface area contributed by atoms with Crippen LogP contribution in [0.2, 0.25) is 0 Å². The number of aromatic amines is 1. The second-order valence-corrected chi connectivity index (χ2v) is 4.95. The van der Waals surface area contributed by atoms with Gasteiger partial charge in [0, 0.05) is 11.8 Å². The Hall–Kier alpha value is -2.04. The number of rotatable bonds is 3. The largest absolute Gasteiger partial charge is 0.477 e. The van der Waals surface area contributed by atoms with Crippen molar-refractivity contribution in [1.29, 1.82) is 0 Å². The summed E-state index contributed by atoms with van der Waals surface area (Å²) in [6.45, 7) is 7.02. The zero-order valence-electron chi connectivity index (χ0n) is 10.9. The van der Waals surface area contributed by atoms with E-state index in [1.165, 1.54) is 12.2 Å². The molecule has 0 saturated carbocycles. The lowest BCUT2D eigenvalue weighted by atomic mass is 10.2. The smallest absolute Gasteiger partial charge is 0.352 e. The highest BCUT2D eigenvalue weighted by molar-refractivity contribution is 5.89. The summed E-state index contributed by atoms with van der Waals surface area (Å²) in [6.07, 6.45) is 2.76. The number of hydrogen-bond donors (Lipinski definition) is 2. The van der Waals surface area contributed by atoms with Crippen LogP contribution in [0.5, 0.6) is 0 Å². The third-order valence-electron chi connectivity index (χ3n) is 2.06. The van der Waals surface area contributed by atoms with Crippen molar-refractivity contribution in [2.75, 3.05) is 0 Å². The first-order chi connectivity index (χ1) is 8.19. The predicted molar refractivity (Wildman–Crippen MR) is 67.4 cm³/mol. The van der Waals surface area contributed by atoms with Crippen LogP contribution in [-0.2, 0) is 9.53 Å². The van der Waals surface area contributed by atoms with Gasteiger partial charge in [-0.2, -0.15) is 0 Å². The number of carboxylic acids is 1. The molecule has 1 aromatic rings. The number of aryl methyl sites for hydroxylation is 1. The summed E-state index contributed by atoms with van der Waals surface area (Å²) in [5, 5.41) is 8.86. The molecule has 1 rings (SSSR count). The second-order valence-electron chi connectivity index (χ2n) is 4.95. The molecule has 0 unspecified atom stereocenters. The number of esters is 1. The molecule has 0 aliphatic carbocycles. The van der Waals surface area contributed by atoms with E-state index in [2.05, 4.69) is 4.98 Å². The van der Waals surface area contributed by atoms with Gasteiger partial charge in [0.05, 0.1) is 0 Å². The van der Waals surface area contributed by atoms with E-state index in [1.54, 1.807) is 33.8 Å². The lowest BCUT2D eigenvalue weighted by Crippen LogP contribution is -2.22. The Balaban J connectivity index is 2.76. The average molecular weight is 251 g/mol. The Kier molecular flexibility index (Phi) is 3.96. The number of aromatic nitrogens is 1. The van der Waals surface area contributed by atoms with E-state index >= 15 is 0 Å². The van der Waals surface area contributed by atoms with E-state index in [9.17, 15) is 9.59 Å². The molecule has 0 aliphatic heterocycles. The van der Waals surface area contributed by atoms with E-state index in [4.69, 9.17) is 9.84 Å². The summed E-state index contributed by atoms with van der Waals surface area (Å²) in [5.74, 6) is -1.49. The van der Waals surface area contributed by atoms with Crippen LogP contribution in [-0.4, -0.2) is 27.6 Å². The summed E-state index contributed by atoms with van der Waals surface area (Å²) in [5.41, 5.74) is 0.750. The SMILES string of the molecule is Cc1cc(/C=C/C(=O)OC(C)(C)C)[nH]c1C(=O)O. The summed E-state index contributed by atoms with van der Waals surface area (Å²) < 4.78 is 5.09. The van der Waals surface area contributed by atoms with Crippen LogP contribution in [0.4, 0.5) is 0 Å². The summed E-state index contributed by atoms with van der Waals surface area (Å²) >= 11 is 0. The fourth-order valence-corrected chi connectivity index (χ4v) is 1.39. The van der Waals surface area contributed by atoms with Crippen LogP contribution in [0, 0.1) is 6.92 Å². The first kappa shape index (κ1) is 14.0. The van der Waals surface area contributed by atoms with Crippen molar-refractivity contribution in [3.8, 4) is 0 Å². The molecule has 0 aromatic carbocycles. The third-order valence-corrected chi connectivity index (χ3v) is 2.06. The lowest BCUT2D eigenvalue weighted by molar-refractivity contribution is -0.148. The number of nitrogens with one attached hydrogen (secondary N) is 1. The molecule has 0 amide bonds. The quantitative estimate of drug-likeness (QED) is 0.638. The first-order valence-electron chi connectivity index (χ1n) is 5.53. The fourth-order valence-electron chi connectivity index (χ4n) is 1.39. The maximum atomic E-state index is 11.4. The molecule has 0 spiro atoms. The Bertz CT molecular complexity index is 492. The molecule has 1 aromatic heterocycles. The van der Waals surface area contributed by atoms with Crippen molar-refractivity contribution in [2.45, 2.75) is 33.3 Å². The third kappa shape index (κ3) is 4.08. The van der Waals surface area contributed by atoms with E-state index in [0.29, 0.717) is 11.3 Å². The van der Waals surface area contributed by atoms with Crippen molar-refractivity contribution in [1.82, 2.24) is 4.98 Å². The number of ether oxygens (including phenoxy) is 1. The molecule has 18 heavy (non-hydrogen) atoms. The molecule has 1 heterocycles. The standard InChI is InChI=1S/C13H17NO4/c1-8-7-9(14-11(8)12(16)17)5-6-10(15)18-13(2,3)4/h5-7,14H,1-4H3,(H,16,17)/b6-5+. The molecule has 0 bridgehead atoms. The van der Waals surface area contributed by atoms with Gasteiger partial charge in [0.1, 0.15) is 11.3 Å². The Morgan fingerprint density at radius 2 is 2.00 bits per heavy atom. The predicted octanol–water partition coefficient (Wildman–Crippen LogP) is 2.38. The monoisotopic (exact) mass is 251 g/mol. The fraction of sp³-hybridized carbons (Fsp3) is 0.385. The van der Waals surface area contributed by atoms with Crippen LogP contribution in [0.25, 0.3) is 6.08 Å². The minimum absolute atomic E-state index is 0.124. The van der Waals surface area contributed by atoms with Gasteiger partial charge in [0.2, 0.25) is 0 Å². The van der Waals surface area contributed by atoms with Crippen LogP contribution >= 0.6 is 0 Å². The van der Waals surface area contributed by atoms with Gasteiger partial charge < -0.3 is 14.8 Å². The van der Waals surface area contributed by atoms with Crippen LogP contribution < -0.4 is 0 Å². The van der Waals surface area contributed by atoms with Gasteiger partial charge in [0.25, 0.3) is 0 Å². The van der Waals surface area contributed by atoms with Crippen molar-refractivity contribution in [3.63, 3.8) is 0 Å². The highest BCUT2D eigenvalue weighted by Gasteiger charge is 2.14. The molecule has 2 N–H and O–H groups in total. The number of H-pyrrole nitrogens is 1. The molecule has 0 aliphatic rings. The molecule has 0 saturated heterocycles. The molecule has 0 radical (unpaired) electrons. The normalized spacial score (nSPS) is 11.8. The van der Waals surface area contributed by atoms with Crippen molar-refractivity contribution >= 4 is 18.0 Å². The molecule has 0 fully saturated rings. The maximum Gasteiger partial charge on any atom is 0.352 e. The van der Waals surface area contributed by atoms with Crippen LogP contribution in [0.15, 0.2) is 12.1 Å². The molecular weight excluding hydrogens is 234 g/mol. The second kappa shape index (κ2) is 5.08. The maximum absolute atomic E-state index is 11.4. The lowest BCUT2D eigenvalue weighted by Gasteiger charge is -2.17. The van der Waals surface area contributed by atoms with Gasteiger partial charge in [-0.25, -0.2) is 9.59 Å². The minimum atomic E-state index is -1.02. The van der Waals surface area contributed by atoms with Gasteiger partial charge in [-0.1, -0.05) is 0 Å². The average Bonchev–Trinajstić information content (AvgIpc) is 2.54. The molecule has 0 atom stereocenters. The Morgan fingerprint density at radius 1 is 1.39 bits per heavy atom. The number of carbonyl (C=O) groups is 2. The first-order valence-corrected chi connectivity index (χ1v) is 5.53. The highest BCUT2D eigenvalue weighted by atomic mass is 16.6. The van der Waals surface area contributed by atoms with Gasteiger partial charge in [-0.3, -0.25) is 0 Å². The number of hydrogen-bond acceptors (Lipinski definition) is 3. The van der Waals surface area contributed by atoms with Gasteiger partial charge in [-0.05, 0) is 45.4 Å². The van der Waals surface area contributed by atoms with Gasteiger partial charge in [-0.15, -0.1) is 0 Å². The van der Waals surface area contributed by atoms with E-state index in [1.807, 2.05) is 0 Å². The molecular formula is C13H17NO4. The number of carbonyl (C=O) groups excluding carboxylic acids is 1. The summed E-state index contributed by atoms with van der Waals surface area (Å²) in [4.78, 5) is 24.9. The Labute approximate surface area is 105 Å². The molecule has 5 heteroatoms. The topological polar surface area (TPSA) is 79.4 Å². The van der Waals surface area contributed by atoms with Crippen molar-refractivity contribution < 1.29 is 19.4 Å².